The minimum Gasteiger partial charge on any atom is -0.455 e. The predicted molar refractivity (Wildman–Crippen MR) is 243 cm³/mol. The van der Waals surface area contributed by atoms with Crippen LogP contribution in [0.5, 0.6) is 0 Å². The lowest BCUT2D eigenvalue weighted by Crippen LogP contribution is -2.00. The highest BCUT2D eigenvalue weighted by Gasteiger charge is 2.18. The Morgan fingerprint density at radius 3 is 1.19 bits per heavy atom. The van der Waals surface area contributed by atoms with E-state index < -0.39 is 0 Å². The van der Waals surface area contributed by atoms with Gasteiger partial charge >= 0.3 is 0 Å². The first-order chi connectivity index (χ1) is 29.2. The normalized spacial score (nSPS) is 11.4. The molecule has 0 spiro atoms. The van der Waals surface area contributed by atoms with Crippen molar-refractivity contribution in [2.24, 2.45) is 0 Å². The Kier molecular flexibility index (Phi) is 8.45. The summed E-state index contributed by atoms with van der Waals surface area (Å²) in [7, 11) is 0. The van der Waals surface area contributed by atoms with Crippen LogP contribution in [-0.2, 0) is 0 Å². The second-order valence-corrected chi connectivity index (χ2v) is 14.8. The van der Waals surface area contributed by atoms with Crippen LogP contribution in [0.3, 0.4) is 0 Å². The first-order valence-corrected chi connectivity index (χ1v) is 19.8. The van der Waals surface area contributed by atoms with Gasteiger partial charge in [0.15, 0.2) is 17.5 Å². The molecule has 0 saturated carbocycles. The summed E-state index contributed by atoms with van der Waals surface area (Å²) in [6, 6.07) is 74.2. The van der Waals surface area contributed by atoms with E-state index in [0.29, 0.717) is 17.5 Å². The fourth-order valence-corrected chi connectivity index (χ4v) is 8.14. The predicted octanol–water partition coefficient (Wildman–Crippen LogP) is 14.6. The van der Waals surface area contributed by atoms with Crippen LogP contribution in [0.25, 0.3) is 111 Å². The highest BCUT2D eigenvalue weighted by Crippen LogP contribution is 2.42. The number of fused-ring (bicyclic) bond motifs is 5. The number of furan rings is 1. The van der Waals surface area contributed by atoms with Gasteiger partial charge < -0.3 is 4.42 Å². The molecular formula is C55H35N3O. The van der Waals surface area contributed by atoms with Crippen molar-refractivity contribution in [3.05, 3.63) is 212 Å². The van der Waals surface area contributed by atoms with Crippen LogP contribution < -0.4 is 0 Å². The summed E-state index contributed by atoms with van der Waals surface area (Å²) in [5.41, 5.74) is 13.8. The molecule has 0 aliphatic carbocycles. The molecule has 0 aliphatic heterocycles. The van der Waals surface area contributed by atoms with Crippen LogP contribution in [0.2, 0.25) is 0 Å². The van der Waals surface area contributed by atoms with Gasteiger partial charge in [-0.25, -0.2) is 15.0 Å². The van der Waals surface area contributed by atoms with Gasteiger partial charge in [0.1, 0.15) is 11.2 Å². The molecule has 4 heteroatoms. The van der Waals surface area contributed by atoms with Crippen molar-refractivity contribution in [2.45, 2.75) is 0 Å². The number of aromatic nitrogens is 3. The smallest absolute Gasteiger partial charge is 0.164 e. The summed E-state index contributed by atoms with van der Waals surface area (Å²) in [5.74, 6) is 1.92. The van der Waals surface area contributed by atoms with Gasteiger partial charge in [0.2, 0.25) is 0 Å². The average molecular weight is 754 g/mol. The standard InChI is InChI=1S/C55H35N3O/c1-5-15-36(16-6-1)43-31-44(37-17-7-2-8-18-37)33-45(32-43)42-29-30-47-50-35-49(46-23-13-14-24-48(46)52(50)59-51(47)34-42)38-25-27-41(28-26-38)55-57-53(39-19-9-3-10-20-39)56-54(58-55)40-21-11-4-12-22-40/h1-35H. The third-order valence-electron chi connectivity index (χ3n) is 11.1. The second-order valence-electron chi connectivity index (χ2n) is 14.8. The molecule has 0 bridgehead atoms. The summed E-state index contributed by atoms with van der Waals surface area (Å²) in [4.78, 5) is 14.8. The Balaban J connectivity index is 1.01. The van der Waals surface area contributed by atoms with Gasteiger partial charge in [0, 0.05) is 32.8 Å². The molecule has 4 nitrogen and oxygen atoms in total. The van der Waals surface area contributed by atoms with Crippen molar-refractivity contribution < 1.29 is 4.42 Å². The first kappa shape index (κ1) is 34.3. The maximum atomic E-state index is 6.80. The van der Waals surface area contributed by atoms with Gasteiger partial charge in [-0.3, -0.25) is 0 Å². The van der Waals surface area contributed by atoms with Crippen LogP contribution in [0.1, 0.15) is 0 Å². The minimum atomic E-state index is 0.631. The number of rotatable bonds is 7. The second kappa shape index (κ2) is 14.5. The zero-order valence-corrected chi connectivity index (χ0v) is 32.0. The van der Waals surface area contributed by atoms with Gasteiger partial charge in [-0.2, -0.15) is 0 Å². The number of nitrogens with zero attached hydrogens (tertiary/aromatic N) is 3. The highest BCUT2D eigenvalue weighted by atomic mass is 16.3. The third kappa shape index (κ3) is 6.43. The zero-order chi connectivity index (χ0) is 39.1. The third-order valence-corrected chi connectivity index (χ3v) is 11.1. The quantitative estimate of drug-likeness (QED) is 0.163. The van der Waals surface area contributed by atoms with Crippen molar-refractivity contribution in [3.63, 3.8) is 0 Å². The average Bonchev–Trinajstić information content (AvgIpc) is 3.70. The van der Waals surface area contributed by atoms with Gasteiger partial charge in [-0.1, -0.05) is 176 Å². The largest absolute Gasteiger partial charge is 0.455 e. The fraction of sp³-hybridized carbons (Fsp3) is 0. The van der Waals surface area contributed by atoms with Gasteiger partial charge in [0.25, 0.3) is 0 Å². The van der Waals surface area contributed by atoms with Crippen molar-refractivity contribution in [2.75, 3.05) is 0 Å². The summed E-state index contributed by atoms with van der Waals surface area (Å²) in [5, 5.41) is 4.39. The minimum absolute atomic E-state index is 0.631. The van der Waals surface area contributed by atoms with E-state index in [-0.39, 0.29) is 0 Å². The van der Waals surface area contributed by atoms with Gasteiger partial charge in [-0.15, -0.1) is 0 Å². The molecule has 0 unspecified atom stereocenters. The van der Waals surface area contributed by atoms with Gasteiger partial charge in [0.05, 0.1) is 0 Å². The lowest BCUT2D eigenvalue weighted by Gasteiger charge is -2.11. The molecule has 0 radical (unpaired) electrons. The highest BCUT2D eigenvalue weighted by molar-refractivity contribution is 6.19. The van der Waals surface area contributed by atoms with Crippen molar-refractivity contribution >= 4 is 32.7 Å². The Labute approximate surface area is 341 Å². The van der Waals surface area contributed by atoms with Crippen molar-refractivity contribution in [1.82, 2.24) is 15.0 Å². The molecule has 0 aliphatic rings. The molecule has 0 atom stereocenters. The number of hydrogen-bond donors (Lipinski definition) is 0. The molecule has 11 rings (SSSR count). The summed E-state index contributed by atoms with van der Waals surface area (Å²) < 4.78 is 6.80. The van der Waals surface area contributed by atoms with Crippen LogP contribution in [0.4, 0.5) is 0 Å². The topological polar surface area (TPSA) is 51.8 Å². The lowest BCUT2D eigenvalue weighted by atomic mass is 9.92. The Morgan fingerprint density at radius 2 is 0.661 bits per heavy atom. The van der Waals surface area contributed by atoms with E-state index in [4.69, 9.17) is 19.4 Å². The van der Waals surface area contributed by atoms with E-state index in [2.05, 4.69) is 152 Å². The van der Waals surface area contributed by atoms with E-state index in [1.807, 2.05) is 60.7 Å². The SMILES string of the molecule is c1ccc(-c2cc(-c3ccccc3)cc(-c3ccc4c(c3)oc3c5ccccc5c(-c5ccc(-c6nc(-c7ccccc7)nc(-c7ccccc7)n6)cc5)cc43)c2)cc1. The molecule has 276 valence electrons. The maximum Gasteiger partial charge on any atom is 0.164 e. The molecule has 2 aromatic heterocycles. The monoisotopic (exact) mass is 753 g/mol. The zero-order valence-electron chi connectivity index (χ0n) is 32.0. The molecular weight excluding hydrogens is 719 g/mol. The van der Waals surface area contributed by atoms with E-state index in [1.54, 1.807) is 0 Å². The van der Waals surface area contributed by atoms with E-state index in [1.165, 1.54) is 22.3 Å². The Bertz CT molecular complexity index is 3170. The molecule has 59 heavy (non-hydrogen) atoms. The van der Waals surface area contributed by atoms with E-state index >= 15 is 0 Å². The molecule has 0 fully saturated rings. The molecule has 0 saturated heterocycles. The van der Waals surface area contributed by atoms with Crippen LogP contribution in [-0.4, -0.2) is 15.0 Å². The fourth-order valence-electron chi connectivity index (χ4n) is 8.14. The van der Waals surface area contributed by atoms with Crippen LogP contribution in [0.15, 0.2) is 217 Å². The Hall–Kier alpha value is -7.95. The van der Waals surface area contributed by atoms with Gasteiger partial charge in [-0.05, 0) is 86.3 Å². The molecule has 0 amide bonds. The Morgan fingerprint density at radius 1 is 0.254 bits per heavy atom. The maximum absolute atomic E-state index is 6.80. The van der Waals surface area contributed by atoms with Crippen molar-refractivity contribution in [1.29, 1.82) is 0 Å². The van der Waals surface area contributed by atoms with E-state index in [0.717, 1.165) is 71.7 Å². The van der Waals surface area contributed by atoms with Crippen molar-refractivity contribution in [3.8, 4) is 78.7 Å². The van der Waals surface area contributed by atoms with Crippen LogP contribution >= 0.6 is 0 Å². The number of hydrogen-bond acceptors (Lipinski definition) is 4. The number of benzene rings is 9. The summed E-state index contributed by atoms with van der Waals surface area (Å²) >= 11 is 0. The molecule has 0 N–H and O–H groups in total. The summed E-state index contributed by atoms with van der Waals surface area (Å²) in [6.45, 7) is 0. The molecule has 11 aromatic rings. The van der Waals surface area contributed by atoms with E-state index in [9.17, 15) is 0 Å². The summed E-state index contributed by atoms with van der Waals surface area (Å²) in [6.07, 6.45) is 0. The first-order valence-electron chi connectivity index (χ1n) is 19.8. The molecule has 2 heterocycles. The lowest BCUT2D eigenvalue weighted by molar-refractivity contribution is 0.673. The van der Waals surface area contributed by atoms with Crippen LogP contribution in [0, 0.1) is 0 Å². The molecule has 9 aromatic carbocycles.